The van der Waals surface area contributed by atoms with Crippen molar-refractivity contribution in [2.75, 3.05) is 27.2 Å². The third-order valence-corrected chi connectivity index (χ3v) is 5.99. The van der Waals surface area contributed by atoms with E-state index in [1.807, 2.05) is 25.1 Å². The molecular weight excluding hydrogens is 380 g/mol. The van der Waals surface area contributed by atoms with Crippen LogP contribution >= 0.6 is 0 Å². The predicted octanol–water partition coefficient (Wildman–Crippen LogP) is 3.61. The Bertz CT molecular complexity index is 1010. The molecule has 0 saturated carbocycles. The third-order valence-electron chi connectivity index (χ3n) is 5.99. The Balaban J connectivity index is 1.48. The molecule has 3 heterocycles. The summed E-state index contributed by atoms with van der Waals surface area (Å²) in [6, 6.07) is 10.3. The van der Waals surface area contributed by atoms with Gasteiger partial charge in [-0.25, -0.2) is 4.98 Å². The van der Waals surface area contributed by atoms with E-state index in [4.69, 9.17) is 9.26 Å². The van der Waals surface area contributed by atoms with E-state index in [0.717, 1.165) is 42.6 Å². The van der Waals surface area contributed by atoms with E-state index in [9.17, 15) is 4.79 Å². The second-order valence-electron chi connectivity index (χ2n) is 7.87. The number of rotatable bonds is 6. The molecule has 1 aromatic carbocycles. The van der Waals surface area contributed by atoms with Crippen molar-refractivity contribution in [1.29, 1.82) is 0 Å². The topological polar surface area (TPSA) is 80.5 Å². The average molecular weight is 409 g/mol. The zero-order chi connectivity index (χ0) is 21.1. The van der Waals surface area contributed by atoms with Crippen molar-refractivity contribution in [2.24, 2.45) is 5.92 Å². The molecule has 0 bridgehead atoms. The van der Waals surface area contributed by atoms with Crippen molar-refractivity contribution in [2.45, 2.75) is 32.2 Å². The largest absolute Gasteiger partial charge is 0.497 e. The maximum absolute atomic E-state index is 12.8. The molecule has 1 aliphatic heterocycles. The van der Waals surface area contributed by atoms with Crippen molar-refractivity contribution in [3.63, 3.8) is 0 Å². The zero-order valence-corrected chi connectivity index (χ0v) is 17.7. The highest BCUT2D eigenvalue weighted by molar-refractivity contribution is 5.97. The minimum absolute atomic E-state index is 0.116. The van der Waals surface area contributed by atoms with Crippen LogP contribution < -0.4 is 10.1 Å². The van der Waals surface area contributed by atoms with Crippen LogP contribution in [0.2, 0.25) is 0 Å². The first kappa shape index (κ1) is 20.3. The Hall–Kier alpha value is -2.93. The Kier molecular flexibility index (Phi) is 5.99. The highest BCUT2D eigenvalue weighted by atomic mass is 16.5. The highest BCUT2D eigenvalue weighted by Crippen LogP contribution is 2.35. The molecule has 1 saturated heterocycles. The van der Waals surface area contributed by atoms with Crippen LogP contribution in [0.4, 0.5) is 0 Å². The van der Waals surface area contributed by atoms with E-state index in [-0.39, 0.29) is 11.9 Å². The molecule has 3 aromatic rings. The summed E-state index contributed by atoms with van der Waals surface area (Å²) in [5.74, 6) is 1.07. The molecule has 2 aromatic heterocycles. The quantitative estimate of drug-likeness (QED) is 0.671. The Morgan fingerprint density at radius 3 is 2.87 bits per heavy atom. The number of ether oxygens (including phenoxy) is 1. The van der Waals surface area contributed by atoms with Gasteiger partial charge in [0.2, 0.25) is 0 Å². The van der Waals surface area contributed by atoms with Gasteiger partial charge < -0.3 is 14.6 Å². The number of aryl methyl sites for hydroxylation is 1. The van der Waals surface area contributed by atoms with E-state index in [0.29, 0.717) is 23.7 Å². The summed E-state index contributed by atoms with van der Waals surface area (Å²) in [7, 11) is 3.83. The monoisotopic (exact) mass is 408 g/mol. The van der Waals surface area contributed by atoms with Crippen LogP contribution in [0.5, 0.6) is 5.75 Å². The van der Waals surface area contributed by atoms with Gasteiger partial charge in [0.1, 0.15) is 5.75 Å². The van der Waals surface area contributed by atoms with Gasteiger partial charge in [0, 0.05) is 18.8 Å². The standard InChI is InChI=1S/C23H28N4O3/c1-4-20-19-12-17(14-25-23(19)30-26-20)22(28)24-13-16-6-5-11-27(2)21(16)15-7-9-18(29-3)10-8-15/h7-10,12,14,16,21H,4-6,11,13H2,1-3H3,(H,24,28). The van der Waals surface area contributed by atoms with Gasteiger partial charge in [-0.1, -0.05) is 24.2 Å². The number of aromatic nitrogens is 2. The van der Waals surface area contributed by atoms with Crippen LogP contribution in [0.3, 0.4) is 0 Å². The molecule has 1 aliphatic rings. The number of hydrogen-bond acceptors (Lipinski definition) is 6. The molecule has 7 nitrogen and oxygen atoms in total. The normalized spacial score (nSPS) is 19.7. The molecule has 0 radical (unpaired) electrons. The highest BCUT2D eigenvalue weighted by Gasteiger charge is 2.31. The summed E-state index contributed by atoms with van der Waals surface area (Å²) in [5.41, 5.74) is 3.07. The number of likely N-dealkylation sites (tertiary alicyclic amines) is 1. The molecule has 158 valence electrons. The fourth-order valence-corrected chi connectivity index (χ4v) is 4.39. The van der Waals surface area contributed by atoms with Crippen molar-refractivity contribution >= 4 is 17.0 Å². The number of nitrogens with zero attached hydrogens (tertiary/aromatic N) is 3. The lowest BCUT2D eigenvalue weighted by Gasteiger charge is -2.39. The molecular formula is C23H28N4O3. The minimum Gasteiger partial charge on any atom is -0.497 e. The second kappa shape index (κ2) is 8.83. The molecule has 2 atom stereocenters. The van der Waals surface area contributed by atoms with Gasteiger partial charge in [-0.2, -0.15) is 0 Å². The van der Waals surface area contributed by atoms with Crippen LogP contribution in [0, 0.1) is 5.92 Å². The minimum atomic E-state index is -0.116. The molecule has 2 unspecified atom stereocenters. The van der Waals surface area contributed by atoms with Crippen molar-refractivity contribution in [3.05, 3.63) is 53.3 Å². The van der Waals surface area contributed by atoms with Gasteiger partial charge in [-0.15, -0.1) is 0 Å². The van der Waals surface area contributed by atoms with Crippen molar-refractivity contribution in [1.82, 2.24) is 20.4 Å². The van der Waals surface area contributed by atoms with E-state index in [2.05, 4.69) is 39.5 Å². The molecule has 1 N–H and O–H groups in total. The number of amides is 1. The SMILES string of the molecule is CCc1noc2ncc(C(=O)NCC3CCCN(C)C3c3ccc(OC)cc3)cc12. The summed E-state index contributed by atoms with van der Waals surface area (Å²) < 4.78 is 10.5. The smallest absolute Gasteiger partial charge is 0.257 e. The van der Waals surface area contributed by atoms with E-state index in [1.165, 1.54) is 5.56 Å². The summed E-state index contributed by atoms with van der Waals surface area (Å²) >= 11 is 0. The van der Waals surface area contributed by atoms with Crippen molar-refractivity contribution < 1.29 is 14.1 Å². The van der Waals surface area contributed by atoms with Crippen LogP contribution in [0.15, 0.2) is 41.1 Å². The number of hydrogen-bond donors (Lipinski definition) is 1. The lowest BCUT2D eigenvalue weighted by atomic mass is 9.85. The third kappa shape index (κ3) is 4.03. The van der Waals surface area contributed by atoms with E-state index in [1.54, 1.807) is 13.3 Å². The first-order valence-corrected chi connectivity index (χ1v) is 10.5. The van der Waals surface area contributed by atoms with Crippen LogP contribution in [0.1, 0.15) is 47.4 Å². The number of fused-ring (bicyclic) bond motifs is 1. The predicted molar refractivity (Wildman–Crippen MR) is 115 cm³/mol. The Morgan fingerprint density at radius 2 is 2.13 bits per heavy atom. The zero-order valence-electron chi connectivity index (χ0n) is 17.7. The van der Waals surface area contributed by atoms with E-state index >= 15 is 0 Å². The summed E-state index contributed by atoms with van der Waals surface area (Å²) in [4.78, 5) is 19.5. The van der Waals surface area contributed by atoms with E-state index < -0.39 is 0 Å². The number of nitrogens with one attached hydrogen (secondary N) is 1. The van der Waals surface area contributed by atoms with Crippen molar-refractivity contribution in [3.8, 4) is 5.75 Å². The fraction of sp³-hybridized carbons (Fsp3) is 0.435. The molecule has 1 amide bonds. The number of pyridine rings is 1. The number of piperidine rings is 1. The Labute approximate surface area is 176 Å². The number of methoxy groups -OCH3 is 1. The lowest BCUT2D eigenvalue weighted by Crippen LogP contribution is -2.41. The van der Waals surface area contributed by atoms with Gasteiger partial charge in [0.05, 0.1) is 23.8 Å². The molecule has 1 fully saturated rings. The molecule has 30 heavy (non-hydrogen) atoms. The first-order valence-electron chi connectivity index (χ1n) is 10.5. The molecule has 7 heteroatoms. The lowest BCUT2D eigenvalue weighted by molar-refractivity contribution is 0.0891. The Morgan fingerprint density at radius 1 is 1.33 bits per heavy atom. The van der Waals surface area contributed by atoms with Crippen LogP contribution in [-0.2, 0) is 6.42 Å². The summed E-state index contributed by atoms with van der Waals surface area (Å²) in [6.45, 7) is 3.67. The fourth-order valence-electron chi connectivity index (χ4n) is 4.39. The van der Waals surface area contributed by atoms with Gasteiger partial charge in [-0.05, 0) is 62.5 Å². The average Bonchev–Trinajstić information content (AvgIpc) is 3.20. The second-order valence-corrected chi connectivity index (χ2v) is 7.87. The van der Waals surface area contributed by atoms with Crippen LogP contribution in [-0.4, -0.2) is 48.2 Å². The van der Waals surface area contributed by atoms with Crippen LogP contribution in [0.25, 0.3) is 11.1 Å². The van der Waals surface area contributed by atoms with Gasteiger partial charge in [-0.3, -0.25) is 9.69 Å². The number of carbonyl (C=O) groups excluding carboxylic acids is 1. The summed E-state index contributed by atoms with van der Waals surface area (Å²) in [6.07, 6.45) is 4.48. The maximum Gasteiger partial charge on any atom is 0.257 e. The van der Waals surface area contributed by atoms with Gasteiger partial charge >= 0.3 is 0 Å². The molecule has 0 spiro atoms. The first-order chi connectivity index (χ1) is 14.6. The van der Waals surface area contributed by atoms with Gasteiger partial charge in [0.25, 0.3) is 11.6 Å². The maximum atomic E-state index is 12.8. The van der Waals surface area contributed by atoms with Gasteiger partial charge in [0.15, 0.2) is 0 Å². The summed E-state index contributed by atoms with van der Waals surface area (Å²) in [5, 5.41) is 7.94. The number of benzene rings is 1. The molecule has 4 rings (SSSR count). The number of carbonyl (C=O) groups is 1. The molecule has 0 aliphatic carbocycles.